The van der Waals surface area contributed by atoms with Gasteiger partial charge < -0.3 is 9.15 Å². The molecular weight excluding hydrogens is 180 g/mol. The Hall–Kier alpha value is -1.51. The third-order valence-corrected chi connectivity index (χ3v) is 1.76. The van der Waals surface area contributed by atoms with Crippen LogP contribution in [0.15, 0.2) is 22.6 Å². The molecule has 0 amide bonds. The molecule has 0 atom stereocenters. The molecule has 0 spiro atoms. The van der Waals surface area contributed by atoms with Gasteiger partial charge in [0.2, 0.25) is 0 Å². The predicted octanol–water partition coefficient (Wildman–Crippen LogP) is 2.42. The first-order chi connectivity index (χ1) is 6.76. The van der Waals surface area contributed by atoms with Crippen molar-refractivity contribution in [3.63, 3.8) is 0 Å². The summed E-state index contributed by atoms with van der Waals surface area (Å²) in [5, 5.41) is 0. The Morgan fingerprint density at radius 2 is 2.36 bits per heavy atom. The average Bonchev–Trinajstić information content (AvgIpc) is 2.63. The summed E-state index contributed by atoms with van der Waals surface area (Å²) >= 11 is 0. The van der Waals surface area contributed by atoms with Crippen molar-refractivity contribution in [1.82, 2.24) is 0 Å². The summed E-state index contributed by atoms with van der Waals surface area (Å²) in [5.74, 6) is 1.24. The van der Waals surface area contributed by atoms with Crippen LogP contribution in [0.3, 0.4) is 0 Å². The normalized spacial score (nSPS) is 10.7. The van der Waals surface area contributed by atoms with Gasteiger partial charge in [-0.05, 0) is 24.6 Å². The van der Waals surface area contributed by atoms with Gasteiger partial charge in [-0.3, -0.25) is 0 Å². The zero-order valence-electron chi connectivity index (χ0n) is 8.45. The lowest BCUT2D eigenvalue weighted by Gasteiger charge is -1.90. The van der Waals surface area contributed by atoms with E-state index < -0.39 is 0 Å². The van der Waals surface area contributed by atoms with Crippen molar-refractivity contribution in [3.05, 3.63) is 29.7 Å². The van der Waals surface area contributed by atoms with E-state index in [-0.39, 0.29) is 5.97 Å². The molecule has 76 valence electrons. The van der Waals surface area contributed by atoms with Crippen molar-refractivity contribution >= 4 is 12.0 Å². The molecule has 0 fully saturated rings. The van der Waals surface area contributed by atoms with Crippen molar-refractivity contribution in [2.24, 2.45) is 0 Å². The van der Waals surface area contributed by atoms with E-state index >= 15 is 0 Å². The highest BCUT2D eigenvalue weighted by molar-refractivity contribution is 5.86. The van der Waals surface area contributed by atoms with E-state index in [0.29, 0.717) is 5.76 Å². The van der Waals surface area contributed by atoms with Crippen LogP contribution in [0, 0.1) is 0 Å². The van der Waals surface area contributed by atoms with Gasteiger partial charge in [-0.15, -0.1) is 0 Å². The van der Waals surface area contributed by atoms with E-state index in [1.165, 1.54) is 13.2 Å². The van der Waals surface area contributed by atoms with Gasteiger partial charge in [0.05, 0.1) is 7.11 Å². The maximum Gasteiger partial charge on any atom is 0.330 e. The summed E-state index contributed by atoms with van der Waals surface area (Å²) in [6.45, 7) is 2.09. The first-order valence-electron chi connectivity index (χ1n) is 4.61. The molecule has 3 nitrogen and oxygen atoms in total. The van der Waals surface area contributed by atoms with Crippen molar-refractivity contribution in [2.75, 3.05) is 7.11 Å². The predicted molar refractivity (Wildman–Crippen MR) is 53.8 cm³/mol. The highest BCUT2D eigenvalue weighted by Crippen LogP contribution is 2.11. The molecule has 0 unspecified atom stereocenters. The van der Waals surface area contributed by atoms with Crippen LogP contribution in [-0.2, 0) is 16.0 Å². The number of carbonyl (C=O) groups is 1. The van der Waals surface area contributed by atoms with Gasteiger partial charge in [-0.2, -0.15) is 0 Å². The van der Waals surface area contributed by atoms with Gasteiger partial charge >= 0.3 is 5.97 Å². The quantitative estimate of drug-likeness (QED) is 0.545. The van der Waals surface area contributed by atoms with Gasteiger partial charge in [0.25, 0.3) is 0 Å². The fourth-order valence-electron chi connectivity index (χ4n) is 1.08. The zero-order chi connectivity index (χ0) is 10.4. The second kappa shape index (κ2) is 5.27. The minimum Gasteiger partial charge on any atom is -0.466 e. The van der Waals surface area contributed by atoms with E-state index in [1.54, 1.807) is 6.08 Å². The van der Waals surface area contributed by atoms with Gasteiger partial charge in [-0.25, -0.2) is 4.79 Å². The lowest BCUT2D eigenvalue weighted by Crippen LogP contribution is -1.92. The van der Waals surface area contributed by atoms with Crippen LogP contribution in [0.4, 0.5) is 0 Å². The third-order valence-electron chi connectivity index (χ3n) is 1.76. The number of hydrogen-bond donors (Lipinski definition) is 0. The van der Waals surface area contributed by atoms with Crippen molar-refractivity contribution in [1.29, 1.82) is 0 Å². The Kier molecular flexibility index (Phi) is 3.98. The van der Waals surface area contributed by atoms with Gasteiger partial charge in [-0.1, -0.05) is 6.92 Å². The van der Waals surface area contributed by atoms with Crippen LogP contribution >= 0.6 is 0 Å². The molecule has 0 radical (unpaired) electrons. The summed E-state index contributed by atoms with van der Waals surface area (Å²) in [6.07, 6.45) is 4.92. The van der Waals surface area contributed by atoms with E-state index in [4.69, 9.17) is 4.42 Å². The Bertz CT molecular complexity index is 323. The van der Waals surface area contributed by atoms with Crippen molar-refractivity contribution in [2.45, 2.75) is 19.8 Å². The van der Waals surface area contributed by atoms with Crippen LogP contribution < -0.4 is 0 Å². The van der Waals surface area contributed by atoms with E-state index in [9.17, 15) is 4.79 Å². The highest BCUT2D eigenvalue weighted by atomic mass is 16.5. The summed E-state index contributed by atoms with van der Waals surface area (Å²) in [5.41, 5.74) is 0. The maximum absolute atomic E-state index is 10.8. The minimum absolute atomic E-state index is 0.376. The number of carbonyl (C=O) groups excluding carboxylic acids is 1. The largest absolute Gasteiger partial charge is 0.466 e. The molecule has 0 aromatic carbocycles. The highest BCUT2D eigenvalue weighted by Gasteiger charge is 1.98. The first kappa shape index (κ1) is 10.6. The standard InChI is InChI=1S/C11H14O3/c1-3-4-9-5-6-10(14-9)7-8-11(12)13-2/h5-8H,3-4H2,1-2H3. The number of rotatable bonds is 4. The fraction of sp³-hybridized carbons (Fsp3) is 0.364. The molecule has 0 aliphatic rings. The molecule has 1 aromatic heterocycles. The van der Waals surface area contributed by atoms with Crippen LogP contribution in [0.2, 0.25) is 0 Å². The molecule has 1 heterocycles. The molecule has 0 saturated heterocycles. The smallest absolute Gasteiger partial charge is 0.330 e. The Morgan fingerprint density at radius 1 is 1.57 bits per heavy atom. The molecule has 0 saturated carbocycles. The minimum atomic E-state index is -0.376. The van der Waals surface area contributed by atoms with Gasteiger partial charge in [0.15, 0.2) is 0 Å². The number of hydrogen-bond acceptors (Lipinski definition) is 3. The van der Waals surface area contributed by atoms with E-state index in [1.807, 2.05) is 12.1 Å². The first-order valence-corrected chi connectivity index (χ1v) is 4.61. The monoisotopic (exact) mass is 194 g/mol. The molecule has 0 aliphatic carbocycles. The summed E-state index contributed by atoms with van der Waals surface area (Å²) < 4.78 is 9.88. The SMILES string of the molecule is CCCc1ccc(C=CC(=O)OC)o1. The number of ether oxygens (including phenoxy) is 1. The number of furan rings is 1. The average molecular weight is 194 g/mol. The Balaban J connectivity index is 2.59. The molecule has 1 rings (SSSR count). The fourth-order valence-corrected chi connectivity index (χ4v) is 1.08. The van der Waals surface area contributed by atoms with Crippen molar-refractivity contribution in [3.8, 4) is 0 Å². The molecule has 0 aliphatic heterocycles. The molecule has 0 N–H and O–H groups in total. The number of esters is 1. The second-order valence-electron chi connectivity index (χ2n) is 2.91. The Morgan fingerprint density at radius 3 is 3.00 bits per heavy atom. The lowest BCUT2D eigenvalue weighted by molar-refractivity contribution is -0.134. The lowest BCUT2D eigenvalue weighted by atomic mass is 10.3. The summed E-state index contributed by atoms with van der Waals surface area (Å²) in [4.78, 5) is 10.8. The molecule has 1 aromatic rings. The third kappa shape index (κ3) is 3.09. The Labute approximate surface area is 83.4 Å². The van der Waals surface area contributed by atoms with Crippen LogP contribution in [0.5, 0.6) is 0 Å². The van der Waals surface area contributed by atoms with E-state index in [0.717, 1.165) is 18.6 Å². The topological polar surface area (TPSA) is 39.4 Å². The molecule has 3 heteroatoms. The van der Waals surface area contributed by atoms with Gasteiger partial charge in [0, 0.05) is 12.5 Å². The second-order valence-corrected chi connectivity index (χ2v) is 2.91. The molecular formula is C11H14O3. The van der Waals surface area contributed by atoms with Crippen molar-refractivity contribution < 1.29 is 13.9 Å². The van der Waals surface area contributed by atoms with Crippen LogP contribution in [0.1, 0.15) is 24.9 Å². The summed E-state index contributed by atoms with van der Waals surface area (Å²) in [6, 6.07) is 3.75. The number of aryl methyl sites for hydroxylation is 1. The summed E-state index contributed by atoms with van der Waals surface area (Å²) in [7, 11) is 1.34. The number of methoxy groups -OCH3 is 1. The molecule has 14 heavy (non-hydrogen) atoms. The van der Waals surface area contributed by atoms with E-state index in [2.05, 4.69) is 11.7 Å². The van der Waals surface area contributed by atoms with Crippen LogP contribution in [-0.4, -0.2) is 13.1 Å². The van der Waals surface area contributed by atoms with Gasteiger partial charge in [0.1, 0.15) is 11.5 Å². The zero-order valence-corrected chi connectivity index (χ0v) is 8.45. The van der Waals surface area contributed by atoms with Crippen LogP contribution in [0.25, 0.3) is 6.08 Å². The maximum atomic E-state index is 10.8. The molecule has 0 bridgehead atoms.